The molecule has 0 atom stereocenters. The van der Waals surface area contributed by atoms with Gasteiger partial charge in [0.15, 0.2) is 0 Å². The number of hydrogen-bond donors (Lipinski definition) is 1. The summed E-state index contributed by atoms with van der Waals surface area (Å²) in [7, 11) is 0. The topological polar surface area (TPSA) is 34.0 Å². The van der Waals surface area contributed by atoms with E-state index >= 15 is 0 Å². The Kier molecular flexibility index (Phi) is 4.66. The van der Waals surface area contributed by atoms with Gasteiger partial charge in [0, 0.05) is 22.2 Å². The standard InChI is InChI=1S/C14H14BrClN2O/c1-2-7-18-8-3-4-13(18)14(19)17-12-9-10(16)5-6-11(12)15/h3-6,8-9H,2,7H2,1H3,(H,17,19). The number of nitrogens with zero attached hydrogens (tertiary/aromatic N) is 1. The molecule has 0 saturated heterocycles. The van der Waals surface area contributed by atoms with E-state index in [0.29, 0.717) is 16.4 Å². The van der Waals surface area contributed by atoms with Gasteiger partial charge in [-0.1, -0.05) is 18.5 Å². The van der Waals surface area contributed by atoms with Crippen molar-refractivity contribution in [1.82, 2.24) is 4.57 Å². The molecule has 0 fully saturated rings. The number of amides is 1. The van der Waals surface area contributed by atoms with Gasteiger partial charge in [-0.05, 0) is 52.7 Å². The third-order valence-electron chi connectivity index (χ3n) is 2.70. The highest BCUT2D eigenvalue weighted by atomic mass is 79.9. The fourth-order valence-corrected chi connectivity index (χ4v) is 2.35. The molecule has 0 aliphatic carbocycles. The Bertz CT molecular complexity index is 595. The number of rotatable bonds is 4. The maximum atomic E-state index is 12.2. The predicted molar refractivity (Wildman–Crippen MR) is 81.8 cm³/mol. The van der Waals surface area contributed by atoms with E-state index in [1.165, 1.54) is 0 Å². The average molecular weight is 342 g/mol. The zero-order valence-electron chi connectivity index (χ0n) is 10.5. The van der Waals surface area contributed by atoms with Crippen molar-refractivity contribution in [2.75, 3.05) is 5.32 Å². The molecule has 0 unspecified atom stereocenters. The minimum absolute atomic E-state index is 0.138. The van der Waals surface area contributed by atoms with E-state index < -0.39 is 0 Å². The monoisotopic (exact) mass is 340 g/mol. The first kappa shape index (κ1) is 14.2. The molecule has 1 aromatic carbocycles. The van der Waals surface area contributed by atoms with Crippen LogP contribution >= 0.6 is 27.5 Å². The van der Waals surface area contributed by atoms with Crippen LogP contribution in [0.2, 0.25) is 5.02 Å². The maximum Gasteiger partial charge on any atom is 0.272 e. The van der Waals surface area contributed by atoms with E-state index in [1.807, 2.05) is 29.0 Å². The summed E-state index contributed by atoms with van der Waals surface area (Å²) >= 11 is 9.32. The van der Waals surface area contributed by atoms with Gasteiger partial charge < -0.3 is 9.88 Å². The SMILES string of the molecule is CCCn1cccc1C(=O)Nc1cc(Cl)ccc1Br. The molecule has 1 aromatic heterocycles. The van der Waals surface area contributed by atoms with Crippen LogP contribution in [0.1, 0.15) is 23.8 Å². The highest BCUT2D eigenvalue weighted by Gasteiger charge is 2.12. The molecule has 0 spiro atoms. The molecule has 1 heterocycles. The van der Waals surface area contributed by atoms with Crippen molar-refractivity contribution in [3.05, 3.63) is 51.7 Å². The van der Waals surface area contributed by atoms with E-state index in [1.54, 1.807) is 12.1 Å². The first-order valence-corrected chi connectivity index (χ1v) is 7.20. The fraction of sp³-hybridized carbons (Fsp3) is 0.214. The van der Waals surface area contributed by atoms with Gasteiger partial charge in [0.05, 0.1) is 5.69 Å². The molecule has 0 saturated carbocycles. The first-order valence-electron chi connectivity index (χ1n) is 6.03. The molecule has 3 nitrogen and oxygen atoms in total. The van der Waals surface area contributed by atoms with E-state index in [0.717, 1.165) is 17.4 Å². The van der Waals surface area contributed by atoms with Crippen molar-refractivity contribution in [2.45, 2.75) is 19.9 Å². The second-order valence-electron chi connectivity index (χ2n) is 4.17. The van der Waals surface area contributed by atoms with Gasteiger partial charge in [-0.2, -0.15) is 0 Å². The number of anilines is 1. The average Bonchev–Trinajstić information content (AvgIpc) is 2.82. The molecule has 0 radical (unpaired) electrons. The van der Waals surface area contributed by atoms with Gasteiger partial charge in [0.25, 0.3) is 5.91 Å². The van der Waals surface area contributed by atoms with Crippen molar-refractivity contribution in [2.24, 2.45) is 0 Å². The van der Waals surface area contributed by atoms with Crippen LogP contribution in [0, 0.1) is 0 Å². The minimum atomic E-state index is -0.138. The van der Waals surface area contributed by atoms with Crippen LogP contribution < -0.4 is 5.32 Å². The second kappa shape index (κ2) is 6.26. The summed E-state index contributed by atoms with van der Waals surface area (Å²) in [5.74, 6) is -0.138. The highest BCUT2D eigenvalue weighted by Crippen LogP contribution is 2.26. The van der Waals surface area contributed by atoms with E-state index in [-0.39, 0.29) is 5.91 Å². The third-order valence-corrected chi connectivity index (χ3v) is 3.63. The predicted octanol–water partition coefficient (Wildman–Crippen LogP) is 4.57. The Morgan fingerprint density at radius 2 is 2.21 bits per heavy atom. The van der Waals surface area contributed by atoms with Crippen molar-refractivity contribution >= 4 is 39.1 Å². The number of hydrogen-bond acceptors (Lipinski definition) is 1. The van der Waals surface area contributed by atoms with E-state index in [2.05, 4.69) is 28.2 Å². The molecular weight excluding hydrogens is 328 g/mol. The summed E-state index contributed by atoms with van der Waals surface area (Å²) in [4.78, 5) is 12.2. The zero-order chi connectivity index (χ0) is 13.8. The molecule has 0 aliphatic heterocycles. The normalized spacial score (nSPS) is 10.5. The third kappa shape index (κ3) is 3.39. The molecule has 1 N–H and O–H groups in total. The Morgan fingerprint density at radius 1 is 1.42 bits per heavy atom. The molecule has 19 heavy (non-hydrogen) atoms. The minimum Gasteiger partial charge on any atom is -0.344 e. The Labute approximate surface area is 125 Å². The second-order valence-corrected chi connectivity index (χ2v) is 5.46. The summed E-state index contributed by atoms with van der Waals surface area (Å²) in [5, 5.41) is 3.45. The summed E-state index contributed by atoms with van der Waals surface area (Å²) in [6, 6.07) is 8.97. The van der Waals surface area contributed by atoms with Gasteiger partial charge in [0.1, 0.15) is 5.69 Å². The molecule has 5 heteroatoms. The van der Waals surface area contributed by atoms with Crippen LogP contribution in [0.15, 0.2) is 41.0 Å². The van der Waals surface area contributed by atoms with E-state index in [4.69, 9.17) is 11.6 Å². The molecule has 100 valence electrons. The van der Waals surface area contributed by atoms with Crippen LogP contribution in [0.3, 0.4) is 0 Å². The summed E-state index contributed by atoms with van der Waals surface area (Å²) in [6.45, 7) is 2.90. The van der Waals surface area contributed by atoms with Crippen molar-refractivity contribution in [3.63, 3.8) is 0 Å². The number of benzene rings is 1. The Morgan fingerprint density at radius 3 is 2.95 bits per heavy atom. The number of halogens is 2. The quantitative estimate of drug-likeness (QED) is 0.868. The summed E-state index contributed by atoms with van der Waals surface area (Å²) in [6.07, 6.45) is 2.89. The highest BCUT2D eigenvalue weighted by molar-refractivity contribution is 9.10. The van der Waals surface area contributed by atoms with Gasteiger partial charge in [-0.15, -0.1) is 0 Å². The lowest BCUT2D eigenvalue weighted by atomic mass is 10.3. The number of aryl methyl sites for hydroxylation is 1. The number of carbonyl (C=O) groups is 1. The van der Waals surface area contributed by atoms with Crippen LogP contribution in [0.4, 0.5) is 5.69 Å². The lowest BCUT2D eigenvalue weighted by Gasteiger charge is -2.10. The molecular formula is C14H14BrClN2O. The number of aromatic nitrogens is 1. The van der Waals surface area contributed by atoms with Crippen LogP contribution in [0.5, 0.6) is 0 Å². The van der Waals surface area contributed by atoms with Crippen molar-refractivity contribution in [3.8, 4) is 0 Å². The lowest BCUT2D eigenvalue weighted by Crippen LogP contribution is -2.17. The zero-order valence-corrected chi connectivity index (χ0v) is 12.8. The largest absolute Gasteiger partial charge is 0.344 e. The maximum absolute atomic E-state index is 12.2. The van der Waals surface area contributed by atoms with E-state index in [9.17, 15) is 4.79 Å². The van der Waals surface area contributed by atoms with Gasteiger partial charge in [0.2, 0.25) is 0 Å². The molecule has 1 amide bonds. The Hall–Kier alpha value is -1.26. The lowest BCUT2D eigenvalue weighted by molar-refractivity contribution is 0.101. The smallest absolute Gasteiger partial charge is 0.272 e. The van der Waals surface area contributed by atoms with Gasteiger partial charge in [-0.3, -0.25) is 4.79 Å². The number of nitrogens with one attached hydrogen (secondary N) is 1. The van der Waals surface area contributed by atoms with Crippen molar-refractivity contribution in [1.29, 1.82) is 0 Å². The molecule has 0 aliphatic rings. The number of carbonyl (C=O) groups excluding carboxylic acids is 1. The van der Waals surface area contributed by atoms with Crippen LogP contribution in [-0.2, 0) is 6.54 Å². The summed E-state index contributed by atoms with van der Waals surface area (Å²) < 4.78 is 2.74. The first-order chi connectivity index (χ1) is 9.11. The van der Waals surface area contributed by atoms with Gasteiger partial charge in [-0.25, -0.2) is 0 Å². The van der Waals surface area contributed by atoms with Crippen LogP contribution in [-0.4, -0.2) is 10.5 Å². The summed E-state index contributed by atoms with van der Waals surface area (Å²) in [5.41, 5.74) is 1.32. The van der Waals surface area contributed by atoms with Gasteiger partial charge >= 0.3 is 0 Å². The molecule has 2 aromatic rings. The fourth-order valence-electron chi connectivity index (χ4n) is 1.84. The van der Waals surface area contributed by atoms with Crippen molar-refractivity contribution < 1.29 is 4.79 Å². The molecule has 0 bridgehead atoms. The van der Waals surface area contributed by atoms with Crippen LogP contribution in [0.25, 0.3) is 0 Å². The molecule has 2 rings (SSSR count). The Balaban J connectivity index is 2.21.